The Morgan fingerprint density at radius 1 is 0.824 bits per heavy atom. The highest BCUT2D eigenvalue weighted by molar-refractivity contribution is 5.82. The molecular formula is C12H19N3O2. The lowest BCUT2D eigenvalue weighted by atomic mass is 10.0. The largest absolute Gasteiger partial charge is 0.339 e. The second-order valence-electron chi connectivity index (χ2n) is 5.28. The van der Waals surface area contributed by atoms with E-state index in [-0.39, 0.29) is 11.8 Å². The molecule has 0 radical (unpaired) electrons. The average molecular weight is 237 g/mol. The zero-order chi connectivity index (χ0) is 11.8. The van der Waals surface area contributed by atoms with E-state index >= 15 is 0 Å². The number of nitrogens with zero attached hydrogens (tertiary/aromatic N) is 2. The third-order valence-electron chi connectivity index (χ3n) is 3.96. The van der Waals surface area contributed by atoms with Crippen molar-refractivity contribution < 1.29 is 9.59 Å². The Morgan fingerprint density at radius 2 is 1.29 bits per heavy atom. The van der Waals surface area contributed by atoms with Gasteiger partial charge in [0.25, 0.3) is 0 Å². The lowest BCUT2D eigenvalue weighted by Crippen LogP contribution is -2.57. The summed E-state index contributed by atoms with van der Waals surface area (Å²) < 4.78 is 0. The van der Waals surface area contributed by atoms with E-state index in [1.165, 1.54) is 0 Å². The van der Waals surface area contributed by atoms with Crippen LogP contribution in [0, 0.1) is 11.8 Å². The van der Waals surface area contributed by atoms with Crippen molar-refractivity contribution in [1.82, 2.24) is 15.1 Å². The van der Waals surface area contributed by atoms with Crippen molar-refractivity contribution in [1.29, 1.82) is 0 Å². The van der Waals surface area contributed by atoms with Gasteiger partial charge in [-0.25, -0.2) is 0 Å². The van der Waals surface area contributed by atoms with E-state index in [9.17, 15) is 9.59 Å². The molecule has 0 aromatic carbocycles. The first-order chi connectivity index (χ1) is 8.25. The summed E-state index contributed by atoms with van der Waals surface area (Å²) >= 11 is 0. The van der Waals surface area contributed by atoms with E-state index in [0.717, 1.165) is 39.0 Å². The van der Waals surface area contributed by atoms with Crippen LogP contribution in [0.3, 0.4) is 0 Å². The molecule has 0 aromatic heterocycles. The Kier molecular flexibility index (Phi) is 2.78. The molecule has 3 rings (SSSR count). The van der Waals surface area contributed by atoms with Gasteiger partial charge in [0.05, 0.1) is 5.92 Å². The van der Waals surface area contributed by atoms with Crippen LogP contribution in [0.25, 0.3) is 0 Å². The monoisotopic (exact) mass is 237 g/mol. The van der Waals surface area contributed by atoms with E-state index < -0.39 is 0 Å². The lowest BCUT2D eigenvalue weighted by molar-refractivity contribution is -0.143. The fourth-order valence-corrected chi connectivity index (χ4v) is 2.46. The van der Waals surface area contributed by atoms with E-state index in [2.05, 4.69) is 5.32 Å². The van der Waals surface area contributed by atoms with Gasteiger partial charge in [0.1, 0.15) is 0 Å². The summed E-state index contributed by atoms with van der Waals surface area (Å²) in [6, 6.07) is 0. The summed E-state index contributed by atoms with van der Waals surface area (Å²) in [4.78, 5) is 27.7. The molecule has 1 saturated carbocycles. The smallest absolute Gasteiger partial charge is 0.228 e. The number of carbonyl (C=O) groups is 2. The Hall–Kier alpha value is -1.10. The van der Waals surface area contributed by atoms with Crippen LogP contribution in [-0.2, 0) is 9.59 Å². The molecule has 3 aliphatic rings. The fraction of sp³-hybridized carbons (Fsp3) is 0.833. The van der Waals surface area contributed by atoms with Crippen LogP contribution < -0.4 is 5.32 Å². The maximum atomic E-state index is 12.0. The van der Waals surface area contributed by atoms with Crippen LogP contribution in [0.2, 0.25) is 0 Å². The zero-order valence-electron chi connectivity index (χ0n) is 10.0. The van der Waals surface area contributed by atoms with Gasteiger partial charge in [-0.1, -0.05) is 0 Å². The van der Waals surface area contributed by atoms with Gasteiger partial charge in [0.2, 0.25) is 11.8 Å². The third kappa shape index (κ3) is 2.16. The topological polar surface area (TPSA) is 52.7 Å². The quantitative estimate of drug-likeness (QED) is 0.690. The third-order valence-corrected chi connectivity index (χ3v) is 3.96. The predicted molar refractivity (Wildman–Crippen MR) is 62.2 cm³/mol. The van der Waals surface area contributed by atoms with Crippen LogP contribution in [0.5, 0.6) is 0 Å². The molecule has 0 bridgehead atoms. The molecule has 0 aromatic rings. The summed E-state index contributed by atoms with van der Waals surface area (Å²) in [6.07, 6.45) is 2.12. The van der Waals surface area contributed by atoms with E-state index in [0.29, 0.717) is 24.9 Å². The SMILES string of the molecule is O=C(C1CC1)N1CCN(C(=O)C2CNC2)CC1. The average Bonchev–Trinajstić information content (AvgIpc) is 3.10. The van der Waals surface area contributed by atoms with E-state index in [4.69, 9.17) is 0 Å². The molecule has 2 amide bonds. The number of piperazine rings is 1. The van der Waals surface area contributed by atoms with Crippen LogP contribution in [0.1, 0.15) is 12.8 Å². The maximum Gasteiger partial charge on any atom is 0.228 e. The highest BCUT2D eigenvalue weighted by Crippen LogP contribution is 2.31. The number of carbonyl (C=O) groups excluding carboxylic acids is 2. The molecule has 2 heterocycles. The number of amides is 2. The van der Waals surface area contributed by atoms with Crippen molar-refractivity contribution in [2.45, 2.75) is 12.8 Å². The second-order valence-corrected chi connectivity index (χ2v) is 5.28. The van der Waals surface area contributed by atoms with Crippen LogP contribution in [-0.4, -0.2) is 60.9 Å². The van der Waals surface area contributed by atoms with Gasteiger partial charge in [0, 0.05) is 45.2 Å². The molecule has 5 heteroatoms. The van der Waals surface area contributed by atoms with Crippen LogP contribution in [0.15, 0.2) is 0 Å². The minimum atomic E-state index is 0.181. The van der Waals surface area contributed by atoms with Crippen molar-refractivity contribution >= 4 is 11.8 Å². The zero-order valence-corrected chi connectivity index (χ0v) is 10.0. The van der Waals surface area contributed by atoms with Gasteiger partial charge in [-0.2, -0.15) is 0 Å². The molecule has 0 spiro atoms. The summed E-state index contributed by atoms with van der Waals surface area (Å²) in [7, 11) is 0. The lowest BCUT2D eigenvalue weighted by Gasteiger charge is -2.38. The van der Waals surface area contributed by atoms with Gasteiger partial charge in [-0.3, -0.25) is 9.59 Å². The van der Waals surface area contributed by atoms with Crippen LogP contribution in [0.4, 0.5) is 0 Å². The standard InChI is InChI=1S/C12H19N3O2/c16-11(9-1-2-9)14-3-5-15(6-4-14)12(17)10-7-13-8-10/h9-10,13H,1-8H2. The highest BCUT2D eigenvalue weighted by atomic mass is 16.2. The van der Waals surface area contributed by atoms with Crippen molar-refractivity contribution in [3.8, 4) is 0 Å². The van der Waals surface area contributed by atoms with Gasteiger partial charge >= 0.3 is 0 Å². The minimum Gasteiger partial charge on any atom is -0.339 e. The van der Waals surface area contributed by atoms with Crippen LogP contribution >= 0.6 is 0 Å². The van der Waals surface area contributed by atoms with Crippen molar-refractivity contribution in [3.63, 3.8) is 0 Å². The number of hydrogen-bond donors (Lipinski definition) is 1. The Bertz CT molecular complexity index is 329. The summed E-state index contributed by atoms with van der Waals surface area (Å²) in [5.74, 6) is 1.05. The highest BCUT2D eigenvalue weighted by Gasteiger charge is 2.36. The number of rotatable bonds is 2. The number of nitrogens with one attached hydrogen (secondary N) is 1. The molecule has 94 valence electrons. The molecule has 2 saturated heterocycles. The molecule has 1 aliphatic carbocycles. The Morgan fingerprint density at radius 3 is 1.65 bits per heavy atom. The van der Waals surface area contributed by atoms with Crippen molar-refractivity contribution in [2.24, 2.45) is 11.8 Å². The van der Waals surface area contributed by atoms with Crippen molar-refractivity contribution in [2.75, 3.05) is 39.3 Å². The van der Waals surface area contributed by atoms with Crippen molar-refractivity contribution in [3.05, 3.63) is 0 Å². The molecule has 5 nitrogen and oxygen atoms in total. The van der Waals surface area contributed by atoms with Gasteiger partial charge in [0.15, 0.2) is 0 Å². The maximum absolute atomic E-state index is 12.0. The molecule has 3 fully saturated rings. The molecule has 0 unspecified atom stereocenters. The normalized spacial score (nSPS) is 25.6. The molecule has 2 aliphatic heterocycles. The second kappa shape index (κ2) is 4.29. The number of hydrogen-bond acceptors (Lipinski definition) is 3. The summed E-state index contributed by atoms with van der Waals surface area (Å²) in [5.41, 5.74) is 0. The fourth-order valence-electron chi connectivity index (χ4n) is 2.46. The van der Waals surface area contributed by atoms with E-state index in [1.54, 1.807) is 0 Å². The van der Waals surface area contributed by atoms with E-state index in [1.807, 2.05) is 9.80 Å². The molecule has 17 heavy (non-hydrogen) atoms. The molecular weight excluding hydrogens is 218 g/mol. The van der Waals surface area contributed by atoms with Gasteiger partial charge in [-0.05, 0) is 12.8 Å². The molecule has 0 atom stereocenters. The Labute approximate surface area is 101 Å². The molecule has 1 N–H and O–H groups in total. The predicted octanol–water partition coefficient (Wildman–Crippen LogP) is -0.713. The first-order valence-electron chi connectivity index (χ1n) is 6.54. The van der Waals surface area contributed by atoms with Gasteiger partial charge < -0.3 is 15.1 Å². The summed E-state index contributed by atoms with van der Waals surface area (Å²) in [5, 5.41) is 3.12. The first-order valence-corrected chi connectivity index (χ1v) is 6.54. The Balaban J connectivity index is 1.49. The van der Waals surface area contributed by atoms with Gasteiger partial charge in [-0.15, -0.1) is 0 Å². The summed E-state index contributed by atoms with van der Waals surface area (Å²) in [6.45, 7) is 4.52. The minimum absolute atomic E-state index is 0.181. The first kappa shape index (κ1) is 11.0.